The van der Waals surface area contributed by atoms with Gasteiger partial charge in [-0.05, 0) is 41.5 Å². The summed E-state index contributed by atoms with van der Waals surface area (Å²) in [5.41, 5.74) is 3.91. The molecule has 0 amide bonds. The Morgan fingerprint density at radius 1 is 1.18 bits per heavy atom. The summed E-state index contributed by atoms with van der Waals surface area (Å²) < 4.78 is 0. The van der Waals surface area contributed by atoms with Crippen LogP contribution in [0, 0.1) is 17.3 Å². The van der Waals surface area contributed by atoms with E-state index in [1.54, 1.807) is 0 Å². The van der Waals surface area contributed by atoms with Crippen LogP contribution in [0.1, 0.15) is 20.3 Å². The smallest absolute Gasteiger partial charge is 0.0767 e. The van der Waals surface area contributed by atoms with Crippen molar-refractivity contribution >= 4 is 29.7 Å². The molecule has 114 valence electrons. The van der Waals surface area contributed by atoms with Crippen molar-refractivity contribution in [2.24, 2.45) is 22.2 Å². The molecule has 2 nitrogen and oxygen atoms in total. The molecule has 1 saturated carbocycles. The highest BCUT2D eigenvalue weighted by molar-refractivity contribution is 7.80. The van der Waals surface area contributed by atoms with Crippen molar-refractivity contribution in [2.75, 3.05) is 18.0 Å². The lowest BCUT2D eigenvalue weighted by Crippen LogP contribution is -2.25. The van der Waals surface area contributed by atoms with Gasteiger partial charge >= 0.3 is 0 Å². The molecule has 1 saturated heterocycles. The maximum Gasteiger partial charge on any atom is 0.0767 e. The second-order valence-corrected chi connectivity index (χ2v) is 7.69. The van der Waals surface area contributed by atoms with Crippen LogP contribution >= 0.6 is 12.6 Å². The molecule has 0 spiro atoms. The van der Waals surface area contributed by atoms with Crippen molar-refractivity contribution in [1.29, 1.82) is 0 Å². The maximum atomic E-state index is 4.72. The SMILES string of the molecule is CC1(C)C2CN(c3ccc(N=C4C=CC=CC4)c(S)c3)CC21. The highest BCUT2D eigenvalue weighted by Gasteiger charge is 2.61. The largest absolute Gasteiger partial charge is 0.371 e. The zero-order chi connectivity index (χ0) is 15.3. The molecule has 1 aliphatic heterocycles. The van der Waals surface area contributed by atoms with Crippen molar-refractivity contribution in [3.8, 4) is 0 Å². The highest BCUT2D eigenvalue weighted by Crippen LogP contribution is 2.62. The Balaban J connectivity index is 1.52. The first kappa shape index (κ1) is 14.1. The van der Waals surface area contributed by atoms with Crippen molar-refractivity contribution in [3.05, 3.63) is 42.5 Å². The van der Waals surface area contributed by atoms with Crippen LogP contribution in [0.25, 0.3) is 0 Å². The monoisotopic (exact) mass is 310 g/mol. The molecule has 22 heavy (non-hydrogen) atoms. The summed E-state index contributed by atoms with van der Waals surface area (Å²) in [5.74, 6) is 1.74. The number of thiol groups is 1. The lowest BCUT2D eigenvalue weighted by molar-refractivity contribution is 0.500. The van der Waals surface area contributed by atoms with Crippen molar-refractivity contribution in [2.45, 2.75) is 25.2 Å². The quantitative estimate of drug-likeness (QED) is 0.786. The van der Waals surface area contributed by atoms with Gasteiger partial charge in [0.25, 0.3) is 0 Å². The van der Waals surface area contributed by atoms with Gasteiger partial charge in [-0.1, -0.05) is 32.1 Å². The Morgan fingerprint density at radius 2 is 1.95 bits per heavy atom. The van der Waals surface area contributed by atoms with E-state index in [4.69, 9.17) is 4.99 Å². The van der Waals surface area contributed by atoms with Gasteiger partial charge in [0.2, 0.25) is 0 Å². The number of anilines is 1. The normalized spacial score (nSPS) is 30.0. The van der Waals surface area contributed by atoms with Gasteiger partial charge in [-0.15, -0.1) is 12.6 Å². The average Bonchev–Trinajstić information content (AvgIpc) is 2.89. The number of hydrogen-bond acceptors (Lipinski definition) is 3. The zero-order valence-electron chi connectivity index (χ0n) is 13.2. The van der Waals surface area contributed by atoms with Crippen molar-refractivity contribution in [1.82, 2.24) is 0 Å². The van der Waals surface area contributed by atoms with Crippen LogP contribution in [0.5, 0.6) is 0 Å². The Labute approximate surface area is 138 Å². The van der Waals surface area contributed by atoms with Crippen LogP contribution in [-0.2, 0) is 0 Å². The molecular weight excluding hydrogens is 288 g/mol. The lowest BCUT2D eigenvalue weighted by Gasteiger charge is -2.24. The molecule has 2 atom stereocenters. The predicted molar refractivity (Wildman–Crippen MR) is 96.7 cm³/mol. The molecular formula is C19H22N2S. The van der Waals surface area contributed by atoms with E-state index in [1.807, 2.05) is 6.08 Å². The van der Waals surface area contributed by atoms with E-state index in [1.165, 1.54) is 18.8 Å². The third-order valence-electron chi connectivity index (χ3n) is 5.57. The van der Waals surface area contributed by atoms with Crippen LogP contribution in [0.15, 0.2) is 52.4 Å². The Kier molecular flexibility index (Phi) is 3.23. The van der Waals surface area contributed by atoms with E-state index in [0.29, 0.717) is 5.41 Å². The van der Waals surface area contributed by atoms with Crippen LogP contribution in [0.4, 0.5) is 11.4 Å². The molecule has 3 heteroatoms. The van der Waals surface area contributed by atoms with Gasteiger partial charge in [-0.3, -0.25) is 4.99 Å². The summed E-state index contributed by atoms with van der Waals surface area (Å²) >= 11 is 4.65. The van der Waals surface area contributed by atoms with E-state index in [2.05, 4.69) is 67.8 Å². The van der Waals surface area contributed by atoms with Crippen molar-refractivity contribution < 1.29 is 0 Å². The minimum Gasteiger partial charge on any atom is -0.371 e. The Bertz CT molecular complexity index is 685. The van der Waals surface area contributed by atoms with E-state index in [9.17, 15) is 0 Å². The molecule has 1 aromatic carbocycles. The number of hydrogen-bond donors (Lipinski definition) is 1. The van der Waals surface area contributed by atoms with Gasteiger partial charge in [0.15, 0.2) is 0 Å². The Hall–Kier alpha value is -1.48. The van der Waals surface area contributed by atoms with Crippen molar-refractivity contribution in [3.63, 3.8) is 0 Å². The molecule has 0 aromatic heterocycles. The third kappa shape index (κ3) is 2.32. The molecule has 0 N–H and O–H groups in total. The van der Waals surface area contributed by atoms with Gasteiger partial charge in [0.1, 0.15) is 0 Å². The summed E-state index contributed by atoms with van der Waals surface area (Å²) in [5, 5.41) is 0. The van der Waals surface area contributed by atoms with Crippen LogP contribution in [0.2, 0.25) is 0 Å². The lowest BCUT2D eigenvalue weighted by atomic mass is 10.1. The zero-order valence-corrected chi connectivity index (χ0v) is 14.1. The molecule has 4 rings (SSSR count). The molecule has 2 fully saturated rings. The number of aliphatic imine (C=N–C) groups is 1. The molecule has 0 bridgehead atoms. The topological polar surface area (TPSA) is 15.6 Å². The third-order valence-corrected chi connectivity index (χ3v) is 5.93. The number of benzene rings is 1. The van der Waals surface area contributed by atoms with Crippen LogP contribution in [0.3, 0.4) is 0 Å². The molecule has 3 aliphatic rings. The fourth-order valence-corrected chi connectivity index (χ4v) is 4.14. The summed E-state index contributed by atoms with van der Waals surface area (Å²) in [6.07, 6.45) is 9.19. The number of piperidine rings is 1. The molecule has 1 heterocycles. The minimum absolute atomic E-state index is 0.563. The van der Waals surface area contributed by atoms with Gasteiger partial charge in [0.05, 0.1) is 5.69 Å². The summed E-state index contributed by atoms with van der Waals surface area (Å²) in [6.45, 7) is 7.17. The summed E-state index contributed by atoms with van der Waals surface area (Å²) in [7, 11) is 0. The molecule has 1 aromatic rings. The van der Waals surface area contributed by atoms with Gasteiger partial charge in [-0.25, -0.2) is 0 Å². The average molecular weight is 310 g/mol. The van der Waals surface area contributed by atoms with E-state index < -0.39 is 0 Å². The first-order valence-corrected chi connectivity index (χ1v) is 8.49. The summed E-state index contributed by atoms with van der Waals surface area (Å²) in [4.78, 5) is 8.18. The highest BCUT2D eigenvalue weighted by atomic mass is 32.1. The fraction of sp³-hybridized carbons (Fsp3) is 0.421. The van der Waals surface area contributed by atoms with Gasteiger partial charge in [-0.2, -0.15) is 0 Å². The maximum absolute atomic E-state index is 4.72. The first-order chi connectivity index (χ1) is 10.6. The number of fused-ring (bicyclic) bond motifs is 1. The van der Waals surface area contributed by atoms with E-state index in [0.717, 1.165) is 34.6 Å². The predicted octanol–water partition coefficient (Wildman–Crippen LogP) is 4.66. The number of nitrogens with zero attached hydrogens (tertiary/aromatic N) is 2. The first-order valence-electron chi connectivity index (χ1n) is 8.04. The fourth-order valence-electron chi connectivity index (χ4n) is 3.89. The van der Waals surface area contributed by atoms with Gasteiger partial charge < -0.3 is 4.90 Å². The van der Waals surface area contributed by atoms with Crippen LogP contribution in [-0.4, -0.2) is 18.8 Å². The number of allylic oxidation sites excluding steroid dienone is 4. The molecule has 2 aliphatic carbocycles. The van der Waals surface area contributed by atoms with E-state index >= 15 is 0 Å². The molecule has 0 radical (unpaired) electrons. The minimum atomic E-state index is 0.563. The number of rotatable bonds is 2. The standard InChI is InChI=1S/C19H22N2S/c1-19(2)15-11-21(12-16(15)19)14-8-9-17(18(22)10-14)20-13-6-4-3-5-7-13/h3-6,8-10,15-16,22H,7,11-12H2,1-2H3. The van der Waals surface area contributed by atoms with Gasteiger partial charge in [0, 0.05) is 35.8 Å². The molecule has 2 unspecified atom stereocenters. The Morgan fingerprint density at radius 3 is 2.59 bits per heavy atom. The van der Waals surface area contributed by atoms with Crippen LogP contribution < -0.4 is 4.90 Å². The second-order valence-electron chi connectivity index (χ2n) is 7.21. The summed E-state index contributed by atoms with van der Waals surface area (Å²) in [6, 6.07) is 6.47. The van der Waals surface area contributed by atoms with E-state index in [-0.39, 0.29) is 0 Å². The second kappa shape index (κ2) is 5.02.